The van der Waals surface area contributed by atoms with Gasteiger partial charge >= 0.3 is 6.03 Å². The van der Waals surface area contributed by atoms with Crippen molar-refractivity contribution in [1.29, 1.82) is 0 Å². The van der Waals surface area contributed by atoms with E-state index in [2.05, 4.69) is 15.6 Å². The number of urea groups is 1. The van der Waals surface area contributed by atoms with Crippen LogP contribution in [0.2, 0.25) is 5.02 Å². The van der Waals surface area contributed by atoms with E-state index in [0.29, 0.717) is 17.3 Å². The molecule has 5 heteroatoms. The number of nitrogens with zero attached hydrogens (tertiary/aromatic N) is 1. The summed E-state index contributed by atoms with van der Waals surface area (Å²) in [5.74, 6) is 0. The Morgan fingerprint density at radius 3 is 2.75 bits per heavy atom. The minimum Gasteiger partial charge on any atom is -0.332 e. The molecule has 1 heterocycles. The number of anilines is 1. The van der Waals surface area contributed by atoms with Crippen LogP contribution >= 0.6 is 11.6 Å². The zero-order valence-corrected chi connectivity index (χ0v) is 12.2. The highest BCUT2D eigenvalue weighted by Gasteiger charge is 2.04. The van der Waals surface area contributed by atoms with Crippen LogP contribution < -0.4 is 10.6 Å². The van der Waals surface area contributed by atoms with E-state index in [1.54, 1.807) is 6.07 Å². The summed E-state index contributed by atoms with van der Waals surface area (Å²) >= 11 is 6.01. The van der Waals surface area contributed by atoms with Crippen molar-refractivity contribution in [3.63, 3.8) is 0 Å². The molecule has 0 bridgehead atoms. The Labute approximate surface area is 123 Å². The van der Waals surface area contributed by atoms with Crippen LogP contribution in [-0.4, -0.2) is 11.0 Å². The molecule has 20 heavy (non-hydrogen) atoms. The molecule has 104 valence electrons. The van der Waals surface area contributed by atoms with Gasteiger partial charge in [0, 0.05) is 16.4 Å². The first-order valence-corrected chi connectivity index (χ1v) is 6.66. The van der Waals surface area contributed by atoms with Crippen LogP contribution in [0.4, 0.5) is 10.5 Å². The second kappa shape index (κ2) is 6.39. The summed E-state index contributed by atoms with van der Waals surface area (Å²) in [5, 5.41) is 6.11. The lowest BCUT2D eigenvalue weighted by molar-refractivity contribution is 0.251. The number of aromatic nitrogens is 1. The Morgan fingerprint density at radius 1 is 1.25 bits per heavy atom. The summed E-state index contributed by atoms with van der Waals surface area (Å²) < 4.78 is 0. The highest BCUT2D eigenvalue weighted by Crippen LogP contribution is 2.19. The predicted octanol–water partition coefficient (Wildman–Crippen LogP) is 3.67. The van der Waals surface area contributed by atoms with Crippen molar-refractivity contribution in [3.8, 4) is 0 Å². The topological polar surface area (TPSA) is 54.0 Å². The van der Waals surface area contributed by atoms with E-state index in [9.17, 15) is 4.79 Å². The first kappa shape index (κ1) is 14.3. The number of benzene rings is 1. The maximum Gasteiger partial charge on any atom is 0.319 e. The van der Waals surface area contributed by atoms with Crippen LogP contribution in [0.3, 0.4) is 0 Å². The number of amides is 2. The molecule has 4 nitrogen and oxygen atoms in total. The van der Waals surface area contributed by atoms with Crippen LogP contribution in [0.25, 0.3) is 0 Å². The first-order chi connectivity index (χ1) is 9.54. The van der Waals surface area contributed by atoms with E-state index >= 15 is 0 Å². The maximum atomic E-state index is 11.8. The molecule has 0 aliphatic heterocycles. The molecule has 2 N–H and O–H groups in total. The molecule has 2 amide bonds. The second-order valence-corrected chi connectivity index (χ2v) is 4.95. The van der Waals surface area contributed by atoms with Crippen LogP contribution in [0.15, 0.2) is 36.4 Å². The molecule has 0 aliphatic carbocycles. The van der Waals surface area contributed by atoms with Gasteiger partial charge in [0.25, 0.3) is 0 Å². The third-order valence-electron chi connectivity index (χ3n) is 2.81. The Morgan fingerprint density at radius 2 is 2.05 bits per heavy atom. The molecule has 0 fully saturated rings. The van der Waals surface area contributed by atoms with Gasteiger partial charge in [-0.1, -0.05) is 23.7 Å². The van der Waals surface area contributed by atoms with Gasteiger partial charge < -0.3 is 10.6 Å². The average molecular weight is 290 g/mol. The van der Waals surface area contributed by atoms with Crippen LogP contribution in [0, 0.1) is 13.8 Å². The number of carbonyl (C=O) groups is 1. The second-order valence-electron chi connectivity index (χ2n) is 4.54. The van der Waals surface area contributed by atoms with E-state index in [1.165, 1.54) is 0 Å². The summed E-state index contributed by atoms with van der Waals surface area (Å²) in [6.45, 7) is 4.21. The van der Waals surface area contributed by atoms with Crippen LogP contribution in [0.5, 0.6) is 0 Å². The molecule has 0 aliphatic rings. The molecule has 2 aromatic rings. The number of pyridine rings is 1. The van der Waals surface area contributed by atoms with Gasteiger partial charge in [-0.3, -0.25) is 4.98 Å². The van der Waals surface area contributed by atoms with Gasteiger partial charge in [-0.25, -0.2) is 4.79 Å². The molecule has 1 aromatic carbocycles. The first-order valence-electron chi connectivity index (χ1n) is 6.28. The van der Waals surface area contributed by atoms with Crippen molar-refractivity contribution < 1.29 is 4.79 Å². The molecule has 0 atom stereocenters. The molecule has 0 saturated carbocycles. The molecular formula is C15H16ClN3O. The van der Waals surface area contributed by atoms with Gasteiger partial charge in [0.2, 0.25) is 0 Å². The highest BCUT2D eigenvalue weighted by atomic mass is 35.5. The fourth-order valence-corrected chi connectivity index (χ4v) is 1.90. The minimum absolute atomic E-state index is 0.284. The number of rotatable bonds is 3. The highest BCUT2D eigenvalue weighted by molar-refractivity contribution is 6.31. The molecule has 1 aromatic heterocycles. The monoisotopic (exact) mass is 289 g/mol. The van der Waals surface area contributed by atoms with Crippen molar-refractivity contribution in [1.82, 2.24) is 10.3 Å². The maximum absolute atomic E-state index is 11.8. The lowest BCUT2D eigenvalue weighted by Gasteiger charge is -2.08. The fraction of sp³-hybridized carbons (Fsp3) is 0.200. The quantitative estimate of drug-likeness (QED) is 0.906. The van der Waals surface area contributed by atoms with E-state index in [4.69, 9.17) is 11.6 Å². The SMILES string of the molecule is Cc1cccc(CNC(=O)Nc2ccc(C)c(Cl)c2)n1. The third-order valence-corrected chi connectivity index (χ3v) is 3.21. The zero-order chi connectivity index (χ0) is 14.5. The van der Waals surface area contributed by atoms with Crippen molar-refractivity contribution in [2.45, 2.75) is 20.4 Å². The van der Waals surface area contributed by atoms with E-state index < -0.39 is 0 Å². The number of nitrogens with one attached hydrogen (secondary N) is 2. The Balaban J connectivity index is 1.91. The molecular weight excluding hydrogens is 274 g/mol. The lowest BCUT2D eigenvalue weighted by Crippen LogP contribution is -2.28. The molecule has 0 radical (unpaired) electrons. The van der Waals surface area contributed by atoms with Crippen molar-refractivity contribution in [2.75, 3.05) is 5.32 Å². The summed E-state index contributed by atoms with van der Waals surface area (Å²) in [4.78, 5) is 16.1. The number of hydrogen-bond donors (Lipinski definition) is 2. The van der Waals surface area contributed by atoms with Gasteiger partial charge in [0.05, 0.1) is 12.2 Å². The third kappa shape index (κ3) is 3.96. The predicted molar refractivity (Wildman–Crippen MR) is 81.0 cm³/mol. The largest absolute Gasteiger partial charge is 0.332 e. The van der Waals surface area contributed by atoms with Gasteiger partial charge in [0.1, 0.15) is 0 Å². The van der Waals surface area contributed by atoms with E-state index in [1.807, 2.05) is 44.2 Å². The normalized spacial score (nSPS) is 10.2. The standard InChI is InChI=1S/C15H16ClN3O/c1-10-6-7-12(8-14(10)16)19-15(20)17-9-13-5-3-4-11(2)18-13/h3-8H,9H2,1-2H3,(H2,17,19,20). The molecule has 0 saturated heterocycles. The van der Waals surface area contributed by atoms with Gasteiger partial charge in [-0.2, -0.15) is 0 Å². The van der Waals surface area contributed by atoms with Gasteiger partial charge in [-0.15, -0.1) is 0 Å². The minimum atomic E-state index is -0.284. The summed E-state index contributed by atoms with van der Waals surface area (Å²) in [7, 11) is 0. The van der Waals surface area contributed by atoms with E-state index in [0.717, 1.165) is 17.0 Å². The Hall–Kier alpha value is -2.07. The van der Waals surface area contributed by atoms with E-state index in [-0.39, 0.29) is 6.03 Å². The zero-order valence-electron chi connectivity index (χ0n) is 11.4. The number of hydrogen-bond acceptors (Lipinski definition) is 2. The molecule has 0 spiro atoms. The Kier molecular flexibility index (Phi) is 4.58. The number of carbonyl (C=O) groups excluding carboxylic acids is 1. The summed E-state index contributed by atoms with van der Waals surface area (Å²) in [6.07, 6.45) is 0. The molecule has 2 rings (SSSR count). The van der Waals surface area contributed by atoms with Crippen LogP contribution in [0.1, 0.15) is 17.0 Å². The fourth-order valence-electron chi connectivity index (χ4n) is 1.71. The lowest BCUT2D eigenvalue weighted by atomic mass is 10.2. The van der Waals surface area contributed by atoms with Gasteiger partial charge in [-0.05, 0) is 43.7 Å². The number of aryl methyl sites for hydroxylation is 2. The number of halogens is 1. The summed E-state index contributed by atoms with van der Waals surface area (Å²) in [6, 6.07) is 10.8. The molecule has 0 unspecified atom stereocenters. The smallest absolute Gasteiger partial charge is 0.319 e. The Bertz CT molecular complexity index is 628. The van der Waals surface area contributed by atoms with Crippen LogP contribution in [-0.2, 0) is 6.54 Å². The van der Waals surface area contributed by atoms with Crippen molar-refractivity contribution in [3.05, 3.63) is 58.4 Å². The van der Waals surface area contributed by atoms with Crippen molar-refractivity contribution in [2.24, 2.45) is 0 Å². The van der Waals surface area contributed by atoms with Crippen molar-refractivity contribution >= 4 is 23.3 Å². The summed E-state index contributed by atoms with van der Waals surface area (Å²) in [5.41, 5.74) is 3.38. The average Bonchev–Trinajstić information content (AvgIpc) is 2.41. The van der Waals surface area contributed by atoms with Gasteiger partial charge in [0.15, 0.2) is 0 Å².